The van der Waals surface area contributed by atoms with Crippen LogP contribution in [-0.4, -0.2) is 4.98 Å². The fraction of sp³-hybridized carbons (Fsp3) is 0.222. The van der Waals surface area contributed by atoms with E-state index in [9.17, 15) is 0 Å². The van der Waals surface area contributed by atoms with Crippen molar-refractivity contribution in [3.05, 3.63) is 53.7 Å². The van der Waals surface area contributed by atoms with E-state index in [0.717, 1.165) is 6.42 Å². The van der Waals surface area contributed by atoms with E-state index in [0.29, 0.717) is 0 Å². The van der Waals surface area contributed by atoms with Crippen LogP contribution in [0.4, 0.5) is 0 Å². The van der Waals surface area contributed by atoms with Gasteiger partial charge < -0.3 is 4.98 Å². The minimum atomic E-state index is 1.05. The van der Waals surface area contributed by atoms with E-state index in [1.54, 1.807) is 0 Å². The van der Waals surface area contributed by atoms with Crippen molar-refractivity contribution in [1.82, 2.24) is 4.98 Å². The number of aryl methyl sites for hydroxylation is 1. The number of H-pyrrole nitrogens is 1. The Kier molecular flexibility index (Phi) is 2.90. The fourth-order valence-corrected chi connectivity index (χ4v) is 2.84. The fourth-order valence-electron chi connectivity index (χ4n) is 2.84. The monoisotopic (exact) mass is 249 g/mol. The minimum absolute atomic E-state index is 1.05. The highest BCUT2D eigenvalue weighted by atomic mass is 14.7. The van der Waals surface area contributed by atoms with Crippen LogP contribution in [0.25, 0.3) is 27.2 Å². The average molecular weight is 249 g/mol. The second-order valence-electron chi connectivity index (χ2n) is 5.01. The van der Waals surface area contributed by atoms with Crippen LogP contribution >= 0.6 is 0 Å². The first kappa shape index (κ1) is 12.0. The Morgan fingerprint density at radius 3 is 2.63 bits per heavy atom. The van der Waals surface area contributed by atoms with Gasteiger partial charge in [0.05, 0.1) is 5.52 Å². The molecule has 1 heteroatoms. The smallest absolute Gasteiger partial charge is 0.0541 e. The highest BCUT2D eigenvalue weighted by molar-refractivity contribution is 6.08. The van der Waals surface area contributed by atoms with Crippen LogP contribution in [0.2, 0.25) is 0 Å². The normalized spacial score (nSPS) is 12.5. The molecule has 1 heterocycles. The van der Waals surface area contributed by atoms with E-state index < -0.39 is 0 Å². The molecule has 1 aromatic heterocycles. The molecule has 0 amide bonds. The van der Waals surface area contributed by atoms with Gasteiger partial charge in [0.15, 0.2) is 0 Å². The van der Waals surface area contributed by atoms with Crippen LogP contribution in [0, 0.1) is 0 Å². The van der Waals surface area contributed by atoms with Gasteiger partial charge in [-0.2, -0.15) is 0 Å². The summed E-state index contributed by atoms with van der Waals surface area (Å²) in [7, 11) is 0. The van der Waals surface area contributed by atoms with Crippen molar-refractivity contribution in [3.63, 3.8) is 0 Å². The lowest BCUT2D eigenvalue weighted by atomic mass is 10.0. The number of aromatic amines is 1. The van der Waals surface area contributed by atoms with E-state index >= 15 is 0 Å². The van der Waals surface area contributed by atoms with Gasteiger partial charge in [-0.15, -0.1) is 0 Å². The van der Waals surface area contributed by atoms with Crippen molar-refractivity contribution in [3.8, 4) is 0 Å². The number of benzene rings is 2. The van der Waals surface area contributed by atoms with Crippen molar-refractivity contribution >= 4 is 27.2 Å². The average Bonchev–Trinajstić information content (AvgIpc) is 2.85. The second kappa shape index (κ2) is 4.58. The first-order valence-corrected chi connectivity index (χ1v) is 6.91. The highest BCUT2D eigenvalue weighted by Crippen LogP contribution is 2.32. The molecule has 0 atom stereocenters. The molecule has 2 aromatic carbocycles. The number of fused-ring (bicyclic) bond motifs is 3. The lowest BCUT2D eigenvalue weighted by Crippen LogP contribution is -1.86. The molecule has 3 aromatic rings. The lowest BCUT2D eigenvalue weighted by Gasteiger charge is -2.01. The van der Waals surface area contributed by atoms with Gasteiger partial charge in [-0.1, -0.05) is 49.4 Å². The summed E-state index contributed by atoms with van der Waals surface area (Å²) in [6.45, 7) is 6.49. The zero-order chi connectivity index (χ0) is 13.4. The standard InChI is InChI=1S/C18H19N/c1-4-12(3)17-14(5-2)16-11-10-13-8-6-7-9-15(13)18(16)19-17/h4,6-11,19H,5H2,1-3H3/b12-4-. The molecule has 0 aliphatic heterocycles. The summed E-state index contributed by atoms with van der Waals surface area (Å²) >= 11 is 0. The molecule has 19 heavy (non-hydrogen) atoms. The van der Waals surface area contributed by atoms with E-state index in [1.165, 1.54) is 38.5 Å². The molecule has 0 unspecified atom stereocenters. The molecule has 1 nitrogen and oxygen atoms in total. The summed E-state index contributed by atoms with van der Waals surface area (Å²) in [5.41, 5.74) is 5.30. The topological polar surface area (TPSA) is 15.8 Å². The van der Waals surface area contributed by atoms with Crippen molar-refractivity contribution in [2.45, 2.75) is 27.2 Å². The van der Waals surface area contributed by atoms with Crippen LogP contribution in [0.15, 0.2) is 42.5 Å². The number of hydrogen-bond acceptors (Lipinski definition) is 0. The number of allylic oxidation sites excluding steroid dienone is 2. The number of hydrogen-bond donors (Lipinski definition) is 1. The van der Waals surface area contributed by atoms with Crippen molar-refractivity contribution in [2.75, 3.05) is 0 Å². The van der Waals surface area contributed by atoms with Crippen LogP contribution in [0.1, 0.15) is 32.0 Å². The number of nitrogens with one attached hydrogen (secondary N) is 1. The van der Waals surface area contributed by atoms with Crippen LogP contribution in [0.3, 0.4) is 0 Å². The maximum Gasteiger partial charge on any atom is 0.0541 e. The molecule has 3 rings (SSSR count). The molecule has 0 saturated carbocycles. The zero-order valence-corrected chi connectivity index (χ0v) is 11.7. The quantitative estimate of drug-likeness (QED) is 0.633. The van der Waals surface area contributed by atoms with E-state index in [-0.39, 0.29) is 0 Å². The van der Waals surface area contributed by atoms with Crippen LogP contribution < -0.4 is 0 Å². The van der Waals surface area contributed by atoms with Gasteiger partial charge in [0.1, 0.15) is 0 Å². The highest BCUT2D eigenvalue weighted by Gasteiger charge is 2.12. The molecule has 96 valence electrons. The largest absolute Gasteiger partial charge is 0.354 e. The molecule has 0 fully saturated rings. The Balaban J connectivity index is 2.45. The van der Waals surface area contributed by atoms with Crippen LogP contribution in [-0.2, 0) is 6.42 Å². The summed E-state index contributed by atoms with van der Waals surface area (Å²) in [4.78, 5) is 3.64. The van der Waals surface area contributed by atoms with Gasteiger partial charge in [0.25, 0.3) is 0 Å². The summed E-state index contributed by atoms with van der Waals surface area (Å²) in [6, 6.07) is 13.0. The van der Waals surface area contributed by atoms with Gasteiger partial charge in [-0.05, 0) is 36.8 Å². The molecule has 0 saturated heterocycles. The van der Waals surface area contributed by atoms with Gasteiger partial charge in [0, 0.05) is 16.5 Å². The Morgan fingerprint density at radius 2 is 1.89 bits per heavy atom. The van der Waals surface area contributed by atoms with Gasteiger partial charge in [-0.3, -0.25) is 0 Å². The van der Waals surface area contributed by atoms with E-state index in [2.05, 4.69) is 68.2 Å². The molecule has 0 spiro atoms. The summed E-state index contributed by atoms with van der Waals surface area (Å²) in [6.07, 6.45) is 3.23. The third kappa shape index (κ3) is 1.77. The predicted octanol–water partition coefficient (Wildman–Crippen LogP) is 5.31. The number of rotatable bonds is 2. The second-order valence-corrected chi connectivity index (χ2v) is 5.01. The van der Waals surface area contributed by atoms with Gasteiger partial charge in [0.2, 0.25) is 0 Å². The summed E-state index contributed by atoms with van der Waals surface area (Å²) in [5.74, 6) is 0. The van der Waals surface area contributed by atoms with Crippen molar-refractivity contribution < 1.29 is 0 Å². The van der Waals surface area contributed by atoms with Crippen LogP contribution in [0.5, 0.6) is 0 Å². The Hall–Kier alpha value is -2.02. The predicted molar refractivity (Wildman–Crippen MR) is 84.5 cm³/mol. The SMILES string of the molecule is C/C=C(/C)c1[nH]c2c(ccc3ccccc32)c1CC. The Bertz CT molecular complexity index is 775. The first-order chi connectivity index (χ1) is 9.26. The zero-order valence-electron chi connectivity index (χ0n) is 11.7. The third-order valence-corrected chi connectivity index (χ3v) is 3.99. The number of aromatic nitrogens is 1. The van der Waals surface area contributed by atoms with Gasteiger partial charge in [-0.25, -0.2) is 0 Å². The molecule has 0 aliphatic carbocycles. The Morgan fingerprint density at radius 1 is 1.11 bits per heavy atom. The molecule has 0 radical (unpaired) electrons. The van der Waals surface area contributed by atoms with Crippen molar-refractivity contribution in [2.24, 2.45) is 0 Å². The first-order valence-electron chi connectivity index (χ1n) is 6.91. The lowest BCUT2D eigenvalue weighted by molar-refractivity contribution is 1.14. The Labute approximate surface area is 114 Å². The third-order valence-electron chi connectivity index (χ3n) is 3.99. The minimum Gasteiger partial charge on any atom is -0.354 e. The van der Waals surface area contributed by atoms with E-state index in [1.807, 2.05) is 0 Å². The maximum absolute atomic E-state index is 3.64. The van der Waals surface area contributed by atoms with Crippen molar-refractivity contribution in [1.29, 1.82) is 0 Å². The maximum atomic E-state index is 3.64. The molecular weight excluding hydrogens is 230 g/mol. The molecule has 0 aliphatic rings. The molecule has 0 bridgehead atoms. The molecule has 1 N–H and O–H groups in total. The molecular formula is C18H19N. The van der Waals surface area contributed by atoms with Gasteiger partial charge >= 0.3 is 0 Å². The summed E-state index contributed by atoms with van der Waals surface area (Å²) < 4.78 is 0. The summed E-state index contributed by atoms with van der Waals surface area (Å²) in [5, 5.41) is 3.96. The van der Waals surface area contributed by atoms with E-state index in [4.69, 9.17) is 0 Å².